The number of nitrogens with one attached hydrogen (secondary N) is 1. The number of ether oxygens (including phenoxy) is 1. The zero-order valence-corrected chi connectivity index (χ0v) is 7.34. The summed E-state index contributed by atoms with van der Waals surface area (Å²) in [4.78, 5) is 14.9. The summed E-state index contributed by atoms with van der Waals surface area (Å²) in [6, 6.07) is 0. The van der Waals surface area contributed by atoms with Gasteiger partial charge in [0.1, 0.15) is 6.61 Å². The molecule has 0 heterocycles. The van der Waals surface area contributed by atoms with Crippen molar-refractivity contribution in [2.24, 2.45) is 5.73 Å². The summed E-state index contributed by atoms with van der Waals surface area (Å²) < 4.78 is 5.07. The van der Waals surface area contributed by atoms with Crippen molar-refractivity contribution >= 4 is 5.91 Å². The molecular formula is C7H16N2O3. The average Bonchev–Trinajstić information content (AvgIpc) is 2.02. The van der Waals surface area contributed by atoms with Crippen LogP contribution in [0.25, 0.3) is 0 Å². The van der Waals surface area contributed by atoms with Crippen LogP contribution in [0.1, 0.15) is 13.3 Å². The molecule has 0 aliphatic carbocycles. The molecule has 1 amide bonds. The first-order valence-electron chi connectivity index (χ1n) is 3.98. The van der Waals surface area contributed by atoms with Crippen LogP contribution < -0.4 is 11.2 Å². The Labute approximate surface area is 72.2 Å². The Morgan fingerprint density at radius 1 is 1.58 bits per heavy atom. The summed E-state index contributed by atoms with van der Waals surface area (Å²) in [5.41, 5.74) is 7.42. The lowest BCUT2D eigenvalue weighted by Gasteiger charge is -2.03. The molecule has 12 heavy (non-hydrogen) atoms. The van der Waals surface area contributed by atoms with E-state index in [2.05, 4.69) is 5.48 Å². The maximum atomic E-state index is 10.2. The van der Waals surface area contributed by atoms with Crippen LogP contribution in [0.4, 0.5) is 0 Å². The molecule has 0 fully saturated rings. The zero-order valence-electron chi connectivity index (χ0n) is 7.34. The third-order valence-electron chi connectivity index (χ3n) is 1.09. The van der Waals surface area contributed by atoms with Gasteiger partial charge in [0.05, 0.1) is 0 Å². The van der Waals surface area contributed by atoms with Gasteiger partial charge in [-0.05, 0) is 13.3 Å². The van der Waals surface area contributed by atoms with Crippen molar-refractivity contribution in [1.82, 2.24) is 5.48 Å². The van der Waals surface area contributed by atoms with Gasteiger partial charge in [-0.15, -0.1) is 0 Å². The van der Waals surface area contributed by atoms with Gasteiger partial charge in [0.15, 0.2) is 0 Å². The lowest BCUT2D eigenvalue weighted by molar-refractivity contribution is -0.125. The van der Waals surface area contributed by atoms with Gasteiger partial charge in [0.2, 0.25) is 5.91 Å². The highest BCUT2D eigenvalue weighted by atomic mass is 16.6. The van der Waals surface area contributed by atoms with Crippen molar-refractivity contribution in [1.29, 1.82) is 0 Å². The van der Waals surface area contributed by atoms with E-state index in [1.54, 1.807) is 0 Å². The van der Waals surface area contributed by atoms with Gasteiger partial charge < -0.3 is 10.5 Å². The molecule has 0 spiro atoms. The molecular weight excluding hydrogens is 160 g/mol. The summed E-state index contributed by atoms with van der Waals surface area (Å²) in [5.74, 6) is -0.479. The van der Waals surface area contributed by atoms with Crippen molar-refractivity contribution in [3.63, 3.8) is 0 Å². The van der Waals surface area contributed by atoms with Crippen LogP contribution in [0.5, 0.6) is 0 Å². The molecule has 0 unspecified atom stereocenters. The maximum absolute atomic E-state index is 10.2. The average molecular weight is 176 g/mol. The summed E-state index contributed by atoms with van der Waals surface area (Å²) in [6.07, 6.45) is 0.854. The Hall–Kier alpha value is -0.650. The van der Waals surface area contributed by atoms with Gasteiger partial charge >= 0.3 is 0 Å². The third kappa shape index (κ3) is 9.35. The summed E-state index contributed by atoms with van der Waals surface area (Å²) >= 11 is 0. The molecule has 0 aromatic rings. The van der Waals surface area contributed by atoms with Gasteiger partial charge in [0.25, 0.3) is 0 Å². The van der Waals surface area contributed by atoms with Crippen molar-refractivity contribution in [3.8, 4) is 0 Å². The molecule has 0 aliphatic rings. The molecule has 0 saturated heterocycles. The normalized spacial score (nSPS) is 10.1. The van der Waals surface area contributed by atoms with Gasteiger partial charge in [-0.2, -0.15) is 0 Å². The van der Waals surface area contributed by atoms with E-state index in [9.17, 15) is 4.79 Å². The summed E-state index contributed by atoms with van der Waals surface area (Å²) in [6.45, 7) is 3.94. The summed E-state index contributed by atoms with van der Waals surface area (Å²) in [5, 5.41) is 0. The van der Waals surface area contributed by atoms with E-state index in [1.165, 1.54) is 0 Å². The van der Waals surface area contributed by atoms with Gasteiger partial charge in [0, 0.05) is 19.8 Å². The third-order valence-corrected chi connectivity index (χ3v) is 1.09. The topological polar surface area (TPSA) is 73.6 Å². The van der Waals surface area contributed by atoms with Gasteiger partial charge in [-0.1, -0.05) is 0 Å². The number of hydroxylamine groups is 1. The molecule has 0 atom stereocenters. The number of hydrogen-bond donors (Lipinski definition) is 2. The Kier molecular flexibility index (Phi) is 7.99. The van der Waals surface area contributed by atoms with Crippen LogP contribution in [0.15, 0.2) is 0 Å². The van der Waals surface area contributed by atoms with Crippen LogP contribution >= 0.6 is 0 Å². The fourth-order valence-electron chi connectivity index (χ4n) is 0.585. The Morgan fingerprint density at radius 2 is 2.33 bits per heavy atom. The molecule has 0 rings (SSSR count). The monoisotopic (exact) mass is 176 g/mol. The van der Waals surface area contributed by atoms with Crippen molar-refractivity contribution in [2.75, 3.05) is 26.4 Å². The number of amides is 1. The van der Waals surface area contributed by atoms with E-state index < -0.39 is 5.91 Å². The molecule has 0 bridgehead atoms. The van der Waals surface area contributed by atoms with Gasteiger partial charge in [-0.3, -0.25) is 9.63 Å². The highest BCUT2D eigenvalue weighted by Gasteiger charge is 1.92. The Balaban J connectivity index is 2.86. The number of carbonyl (C=O) groups is 1. The van der Waals surface area contributed by atoms with E-state index in [1.807, 2.05) is 6.92 Å². The van der Waals surface area contributed by atoms with Crippen LogP contribution in [0, 0.1) is 0 Å². The highest BCUT2D eigenvalue weighted by Crippen LogP contribution is 1.79. The van der Waals surface area contributed by atoms with Gasteiger partial charge in [-0.25, -0.2) is 5.48 Å². The first kappa shape index (κ1) is 11.4. The van der Waals surface area contributed by atoms with Crippen molar-refractivity contribution < 1.29 is 14.4 Å². The fourth-order valence-corrected chi connectivity index (χ4v) is 0.585. The molecule has 0 aliphatic heterocycles. The lowest BCUT2D eigenvalue weighted by Crippen LogP contribution is -2.25. The minimum atomic E-state index is -0.479. The number of hydrogen-bond acceptors (Lipinski definition) is 4. The fraction of sp³-hybridized carbons (Fsp3) is 0.857. The van der Waals surface area contributed by atoms with E-state index in [0.29, 0.717) is 13.2 Å². The number of primary amides is 1. The van der Waals surface area contributed by atoms with Crippen LogP contribution in [-0.2, 0) is 14.4 Å². The van der Waals surface area contributed by atoms with E-state index >= 15 is 0 Å². The number of nitrogens with two attached hydrogens (primary N) is 1. The molecule has 0 aromatic heterocycles. The van der Waals surface area contributed by atoms with Crippen molar-refractivity contribution in [2.45, 2.75) is 13.3 Å². The van der Waals surface area contributed by atoms with E-state index in [4.69, 9.17) is 15.3 Å². The van der Waals surface area contributed by atoms with Crippen molar-refractivity contribution in [3.05, 3.63) is 0 Å². The molecule has 3 N–H and O–H groups in total. The Morgan fingerprint density at radius 3 is 2.92 bits per heavy atom. The first-order valence-corrected chi connectivity index (χ1v) is 3.98. The second-order valence-electron chi connectivity index (χ2n) is 2.20. The smallest absolute Gasteiger partial charge is 0.245 e. The second-order valence-corrected chi connectivity index (χ2v) is 2.20. The quantitative estimate of drug-likeness (QED) is 0.383. The Bertz CT molecular complexity index is 119. The highest BCUT2D eigenvalue weighted by molar-refractivity contribution is 5.74. The second kappa shape index (κ2) is 8.45. The zero-order chi connectivity index (χ0) is 9.23. The van der Waals surface area contributed by atoms with Crippen LogP contribution in [-0.4, -0.2) is 32.3 Å². The van der Waals surface area contributed by atoms with Crippen LogP contribution in [0.2, 0.25) is 0 Å². The number of rotatable bonds is 8. The van der Waals surface area contributed by atoms with E-state index in [-0.39, 0.29) is 6.61 Å². The molecule has 5 heteroatoms. The molecule has 0 aromatic carbocycles. The summed E-state index contributed by atoms with van der Waals surface area (Å²) in [7, 11) is 0. The largest absolute Gasteiger partial charge is 0.382 e. The standard InChI is InChI=1S/C7H16N2O3/c1-2-11-5-3-4-9-12-6-7(8)10/h9H,2-6H2,1H3,(H2,8,10). The van der Waals surface area contributed by atoms with Crippen LogP contribution in [0.3, 0.4) is 0 Å². The lowest BCUT2D eigenvalue weighted by atomic mass is 10.5. The molecule has 0 saturated carbocycles. The molecule has 72 valence electrons. The molecule has 0 radical (unpaired) electrons. The predicted octanol–water partition coefficient (Wildman–Crippen LogP) is -0.580. The molecule has 5 nitrogen and oxygen atoms in total. The predicted molar refractivity (Wildman–Crippen MR) is 44.3 cm³/mol. The first-order chi connectivity index (χ1) is 5.77. The number of carbonyl (C=O) groups excluding carboxylic acids is 1. The minimum absolute atomic E-state index is 0.0887. The maximum Gasteiger partial charge on any atom is 0.245 e. The SMILES string of the molecule is CCOCCCNOCC(N)=O. The minimum Gasteiger partial charge on any atom is -0.382 e. The van der Waals surface area contributed by atoms with E-state index in [0.717, 1.165) is 13.0 Å².